The van der Waals surface area contributed by atoms with Crippen LogP contribution < -0.4 is 5.84 Å². The van der Waals surface area contributed by atoms with E-state index in [0.717, 1.165) is 25.2 Å². The molecule has 0 amide bonds. The summed E-state index contributed by atoms with van der Waals surface area (Å²) in [6, 6.07) is 2.15. The molecule has 12 heavy (non-hydrogen) atoms. The Kier molecular flexibility index (Phi) is 2.10. The third-order valence-corrected chi connectivity index (χ3v) is 3.16. The molecule has 2 N–H and O–H groups in total. The van der Waals surface area contributed by atoms with Gasteiger partial charge in [0, 0.05) is 31.2 Å². The standard InChI is InChI=1S/C9H19N3/c1-7(2)12-8-3-4-9(12)6-11(10)5-8/h7-9H,3-6,10H2,1-2H3. The van der Waals surface area contributed by atoms with Crippen molar-refractivity contribution in [3.05, 3.63) is 0 Å². The third-order valence-electron chi connectivity index (χ3n) is 3.16. The van der Waals surface area contributed by atoms with Gasteiger partial charge in [0.1, 0.15) is 0 Å². The van der Waals surface area contributed by atoms with E-state index in [-0.39, 0.29) is 0 Å². The molecule has 2 fully saturated rings. The number of piperazine rings is 1. The van der Waals surface area contributed by atoms with Crippen molar-refractivity contribution in [3.8, 4) is 0 Å². The average molecular weight is 169 g/mol. The molecule has 0 aromatic rings. The minimum Gasteiger partial charge on any atom is -0.292 e. The summed E-state index contributed by atoms with van der Waals surface area (Å²) in [6.07, 6.45) is 2.69. The summed E-state index contributed by atoms with van der Waals surface area (Å²) >= 11 is 0. The van der Waals surface area contributed by atoms with Gasteiger partial charge in [0.15, 0.2) is 0 Å². The van der Waals surface area contributed by atoms with Gasteiger partial charge in [0.2, 0.25) is 0 Å². The lowest BCUT2D eigenvalue weighted by atomic mass is 10.1. The number of hydrogen-bond acceptors (Lipinski definition) is 3. The number of nitrogens with two attached hydrogens (primary N) is 1. The summed E-state index contributed by atoms with van der Waals surface area (Å²) < 4.78 is 0. The molecular weight excluding hydrogens is 150 g/mol. The second kappa shape index (κ2) is 2.98. The van der Waals surface area contributed by atoms with E-state index in [1.807, 2.05) is 5.01 Å². The minimum absolute atomic E-state index is 0.691. The Bertz CT molecular complexity index is 155. The van der Waals surface area contributed by atoms with Crippen molar-refractivity contribution in [2.45, 2.75) is 44.8 Å². The van der Waals surface area contributed by atoms with Crippen molar-refractivity contribution in [2.75, 3.05) is 13.1 Å². The van der Waals surface area contributed by atoms with Gasteiger partial charge in [-0.3, -0.25) is 10.7 Å². The summed E-state index contributed by atoms with van der Waals surface area (Å²) in [5, 5.41) is 1.99. The lowest BCUT2D eigenvalue weighted by Gasteiger charge is -2.41. The summed E-state index contributed by atoms with van der Waals surface area (Å²) in [4.78, 5) is 2.64. The van der Waals surface area contributed by atoms with Crippen LogP contribution in [0.1, 0.15) is 26.7 Å². The van der Waals surface area contributed by atoms with E-state index in [4.69, 9.17) is 5.84 Å². The number of hydrogen-bond donors (Lipinski definition) is 1. The fourth-order valence-electron chi connectivity index (χ4n) is 2.81. The molecule has 0 radical (unpaired) electrons. The van der Waals surface area contributed by atoms with Gasteiger partial charge in [0.05, 0.1) is 0 Å². The monoisotopic (exact) mass is 169 g/mol. The van der Waals surface area contributed by atoms with E-state index in [1.54, 1.807) is 0 Å². The number of rotatable bonds is 1. The van der Waals surface area contributed by atoms with Gasteiger partial charge in [-0.25, -0.2) is 5.01 Å². The second-order valence-corrected chi connectivity index (χ2v) is 4.38. The molecule has 2 bridgehead atoms. The van der Waals surface area contributed by atoms with Crippen LogP contribution in [-0.4, -0.2) is 41.1 Å². The Morgan fingerprint density at radius 1 is 1.17 bits per heavy atom. The van der Waals surface area contributed by atoms with Crippen LogP contribution in [0.2, 0.25) is 0 Å². The largest absolute Gasteiger partial charge is 0.292 e. The molecule has 2 rings (SSSR count). The molecule has 2 unspecified atom stereocenters. The van der Waals surface area contributed by atoms with Gasteiger partial charge in [-0.05, 0) is 26.7 Å². The first-order valence-corrected chi connectivity index (χ1v) is 4.95. The predicted octanol–water partition coefficient (Wildman–Crippen LogP) is 0.417. The van der Waals surface area contributed by atoms with E-state index in [0.29, 0.717) is 6.04 Å². The molecular formula is C9H19N3. The van der Waals surface area contributed by atoms with Gasteiger partial charge in [0.25, 0.3) is 0 Å². The van der Waals surface area contributed by atoms with Gasteiger partial charge >= 0.3 is 0 Å². The first-order chi connectivity index (χ1) is 5.68. The molecule has 0 saturated carbocycles. The number of hydrazine groups is 1. The first-order valence-electron chi connectivity index (χ1n) is 4.95. The Hall–Kier alpha value is -0.120. The topological polar surface area (TPSA) is 32.5 Å². The molecule has 0 spiro atoms. The molecule has 2 aliphatic heterocycles. The van der Waals surface area contributed by atoms with Crippen molar-refractivity contribution < 1.29 is 0 Å². The molecule has 3 nitrogen and oxygen atoms in total. The van der Waals surface area contributed by atoms with Crippen LogP contribution in [0, 0.1) is 0 Å². The van der Waals surface area contributed by atoms with Crippen molar-refractivity contribution in [3.63, 3.8) is 0 Å². The van der Waals surface area contributed by atoms with E-state index >= 15 is 0 Å². The van der Waals surface area contributed by atoms with E-state index in [1.165, 1.54) is 12.8 Å². The fourth-order valence-corrected chi connectivity index (χ4v) is 2.81. The van der Waals surface area contributed by atoms with Gasteiger partial charge in [-0.1, -0.05) is 0 Å². The van der Waals surface area contributed by atoms with Crippen molar-refractivity contribution in [1.29, 1.82) is 0 Å². The van der Waals surface area contributed by atoms with Crippen LogP contribution in [0.15, 0.2) is 0 Å². The average Bonchev–Trinajstić information content (AvgIpc) is 2.24. The normalized spacial score (nSPS) is 38.0. The molecule has 2 heterocycles. The highest BCUT2D eigenvalue weighted by atomic mass is 15.5. The molecule has 2 aliphatic rings. The van der Waals surface area contributed by atoms with Crippen LogP contribution in [0.5, 0.6) is 0 Å². The zero-order valence-electron chi connectivity index (χ0n) is 8.03. The highest BCUT2D eigenvalue weighted by Gasteiger charge is 2.39. The molecule has 2 atom stereocenters. The van der Waals surface area contributed by atoms with Crippen LogP contribution in [0.3, 0.4) is 0 Å². The minimum atomic E-state index is 0.691. The van der Waals surface area contributed by atoms with Gasteiger partial charge in [-0.15, -0.1) is 0 Å². The Balaban J connectivity index is 2.09. The zero-order chi connectivity index (χ0) is 8.72. The van der Waals surface area contributed by atoms with Crippen LogP contribution in [0.25, 0.3) is 0 Å². The SMILES string of the molecule is CC(C)N1C2CCC1CN(N)C2. The molecule has 3 heteroatoms. The summed E-state index contributed by atoms with van der Waals surface area (Å²) in [7, 11) is 0. The molecule has 0 aliphatic carbocycles. The molecule has 0 aromatic heterocycles. The zero-order valence-corrected chi connectivity index (χ0v) is 8.03. The number of fused-ring (bicyclic) bond motifs is 2. The highest BCUT2D eigenvalue weighted by Crippen LogP contribution is 2.30. The van der Waals surface area contributed by atoms with Gasteiger partial charge < -0.3 is 0 Å². The Labute approximate surface area is 74.5 Å². The van der Waals surface area contributed by atoms with Gasteiger partial charge in [-0.2, -0.15) is 0 Å². The maximum Gasteiger partial charge on any atom is 0.0285 e. The Morgan fingerprint density at radius 3 is 2.08 bits per heavy atom. The van der Waals surface area contributed by atoms with Crippen molar-refractivity contribution in [2.24, 2.45) is 5.84 Å². The molecule has 2 saturated heterocycles. The van der Waals surface area contributed by atoms with E-state index in [9.17, 15) is 0 Å². The van der Waals surface area contributed by atoms with Crippen molar-refractivity contribution in [1.82, 2.24) is 9.91 Å². The molecule has 0 aromatic carbocycles. The van der Waals surface area contributed by atoms with Crippen LogP contribution >= 0.6 is 0 Å². The summed E-state index contributed by atoms with van der Waals surface area (Å²) in [5.74, 6) is 5.82. The molecule has 70 valence electrons. The quantitative estimate of drug-likeness (QED) is 0.577. The van der Waals surface area contributed by atoms with E-state index < -0.39 is 0 Å². The maximum atomic E-state index is 5.82. The maximum absolute atomic E-state index is 5.82. The number of nitrogens with zero attached hydrogens (tertiary/aromatic N) is 2. The van der Waals surface area contributed by atoms with E-state index in [2.05, 4.69) is 18.7 Å². The predicted molar refractivity (Wildman–Crippen MR) is 49.5 cm³/mol. The second-order valence-electron chi connectivity index (χ2n) is 4.38. The fraction of sp³-hybridized carbons (Fsp3) is 1.00. The first kappa shape index (κ1) is 8.48. The lowest BCUT2D eigenvalue weighted by molar-refractivity contribution is 0.0438. The smallest absolute Gasteiger partial charge is 0.0285 e. The third kappa shape index (κ3) is 1.26. The lowest BCUT2D eigenvalue weighted by Crippen LogP contribution is -2.57. The van der Waals surface area contributed by atoms with Crippen LogP contribution in [-0.2, 0) is 0 Å². The van der Waals surface area contributed by atoms with Crippen LogP contribution in [0.4, 0.5) is 0 Å². The summed E-state index contributed by atoms with van der Waals surface area (Å²) in [5.41, 5.74) is 0. The van der Waals surface area contributed by atoms with Crippen molar-refractivity contribution >= 4 is 0 Å². The summed E-state index contributed by atoms with van der Waals surface area (Å²) in [6.45, 7) is 6.71. The Morgan fingerprint density at radius 2 is 1.67 bits per heavy atom. The highest BCUT2D eigenvalue weighted by molar-refractivity contribution is 4.95.